The predicted octanol–water partition coefficient (Wildman–Crippen LogP) is 0.559. The Morgan fingerprint density at radius 1 is 1.47 bits per heavy atom. The number of hydrogen-bond acceptors (Lipinski definition) is 5. The van der Waals surface area contributed by atoms with Gasteiger partial charge in [0.05, 0.1) is 4.90 Å². The topological polar surface area (TPSA) is 96.3 Å². The molecule has 0 radical (unpaired) electrons. The highest BCUT2D eigenvalue weighted by molar-refractivity contribution is 7.89. The first kappa shape index (κ1) is 15.1. The van der Waals surface area contributed by atoms with E-state index < -0.39 is 34.5 Å². The third-order valence-electron chi connectivity index (χ3n) is 2.02. The maximum absolute atomic E-state index is 12.7. The van der Waals surface area contributed by atoms with Gasteiger partial charge in [-0.2, -0.15) is 9.98 Å². The molecule has 0 spiro atoms. The van der Waals surface area contributed by atoms with Crippen molar-refractivity contribution in [2.45, 2.75) is 17.9 Å². The van der Waals surface area contributed by atoms with E-state index in [-0.39, 0.29) is 4.90 Å². The molecular weight excluding hydrogens is 275 g/mol. The summed E-state index contributed by atoms with van der Waals surface area (Å²) in [5.74, 6) is -1.44. The van der Waals surface area contributed by atoms with E-state index in [1.54, 1.807) is 6.07 Å². The number of rotatable bonds is 5. The van der Waals surface area contributed by atoms with Gasteiger partial charge in [0.2, 0.25) is 10.0 Å². The van der Waals surface area contributed by atoms with Crippen molar-refractivity contribution in [2.75, 3.05) is 6.54 Å². The fourth-order valence-corrected chi connectivity index (χ4v) is 2.09. The molecule has 6 nitrogen and oxygen atoms in total. The van der Waals surface area contributed by atoms with E-state index >= 15 is 0 Å². The van der Waals surface area contributed by atoms with Crippen LogP contribution in [0.3, 0.4) is 0 Å². The van der Waals surface area contributed by atoms with Crippen LogP contribution in [0.25, 0.3) is 0 Å². The van der Waals surface area contributed by atoms with Crippen molar-refractivity contribution in [3.63, 3.8) is 0 Å². The summed E-state index contributed by atoms with van der Waals surface area (Å²) in [7, 11) is -3.92. The highest BCUT2D eigenvalue weighted by Crippen LogP contribution is 2.09. The molecule has 1 aromatic carbocycles. The number of halogens is 1. The van der Waals surface area contributed by atoms with Crippen molar-refractivity contribution in [1.29, 1.82) is 5.26 Å². The van der Waals surface area contributed by atoms with Gasteiger partial charge in [0, 0.05) is 0 Å². The molecule has 0 aliphatic heterocycles. The Bertz CT molecular complexity index is 592. The van der Waals surface area contributed by atoms with Gasteiger partial charge in [-0.1, -0.05) is 0 Å². The van der Waals surface area contributed by atoms with E-state index in [9.17, 15) is 17.6 Å². The molecule has 0 aliphatic carbocycles. The number of nitriles is 1. The maximum Gasteiger partial charge on any atom is 0.322 e. The number of carbonyl (C=O) groups excluding carboxylic acids is 1. The number of sulfonamides is 1. The van der Waals surface area contributed by atoms with Crippen molar-refractivity contribution in [2.24, 2.45) is 0 Å². The molecule has 102 valence electrons. The Labute approximate surface area is 109 Å². The lowest BCUT2D eigenvalue weighted by Gasteiger charge is -2.08. The van der Waals surface area contributed by atoms with Crippen molar-refractivity contribution in [3.05, 3.63) is 30.1 Å². The van der Waals surface area contributed by atoms with Crippen LogP contribution in [0.15, 0.2) is 29.2 Å². The molecule has 1 N–H and O–H groups in total. The van der Waals surface area contributed by atoms with Crippen LogP contribution in [0.5, 0.6) is 0 Å². The molecule has 8 heteroatoms. The molecular formula is C11H11FN2O4S. The van der Waals surface area contributed by atoms with E-state index in [1.165, 1.54) is 6.92 Å². The van der Waals surface area contributed by atoms with Gasteiger partial charge in [0.15, 0.2) is 6.10 Å². The van der Waals surface area contributed by atoms with Crippen molar-refractivity contribution >= 4 is 16.0 Å². The Morgan fingerprint density at radius 3 is 2.58 bits per heavy atom. The highest BCUT2D eigenvalue weighted by atomic mass is 32.2. The summed E-state index contributed by atoms with van der Waals surface area (Å²) in [6.07, 6.45) is -0.956. The van der Waals surface area contributed by atoms with Crippen LogP contribution in [0.2, 0.25) is 0 Å². The molecule has 0 aliphatic rings. The quantitative estimate of drug-likeness (QED) is 0.798. The summed E-state index contributed by atoms with van der Waals surface area (Å²) < 4.78 is 42.6. The standard InChI is InChI=1S/C11H11FN2O4S/c1-8(6-13)18-11(15)7-14-19(16,17)10-4-2-9(12)3-5-10/h2-5,8,14H,7H2,1H3/t8-/m0/s1. The van der Waals surface area contributed by atoms with Gasteiger partial charge in [-0.3, -0.25) is 4.79 Å². The van der Waals surface area contributed by atoms with Crippen molar-refractivity contribution in [3.8, 4) is 6.07 Å². The average Bonchev–Trinajstić information content (AvgIpc) is 2.37. The summed E-state index contributed by atoms with van der Waals surface area (Å²) >= 11 is 0. The minimum atomic E-state index is -3.92. The third kappa shape index (κ3) is 4.65. The van der Waals surface area contributed by atoms with Crippen molar-refractivity contribution < 1.29 is 22.3 Å². The van der Waals surface area contributed by atoms with Gasteiger partial charge < -0.3 is 4.74 Å². The summed E-state index contributed by atoms with van der Waals surface area (Å²) in [6.45, 7) is 0.748. The van der Waals surface area contributed by atoms with Crippen LogP contribution in [-0.2, 0) is 19.6 Å². The maximum atomic E-state index is 12.7. The van der Waals surface area contributed by atoms with Crippen LogP contribution in [0, 0.1) is 17.1 Å². The Kier molecular flexibility index (Phi) is 4.97. The molecule has 0 aromatic heterocycles. The number of benzene rings is 1. The SMILES string of the molecule is C[C@@H](C#N)OC(=O)CNS(=O)(=O)c1ccc(F)cc1. The first-order valence-electron chi connectivity index (χ1n) is 5.19. The summed E-state index contributed by atoms with van der Waals surface area (Å²) in [6, 6.07) is 5.79. The number of carbonyl (C=O) groups is 1. The minimum Gasteiger partial charge on any atom is -0.446 e. The van der Waals surface area contributed by atoms with Crippen LogP contribution in [0.4, 0.5) is 4.39 Å². The molecule has 1 atom stereocenters. The van der Waals surface area contributed by atoms with Crippen LogP contribution in [0.1, 0.15) is 6.92 Å². The lowest BCUT2D eigenvalue weighted by molar-refractivity contribution is -0.144. The molecule has 0 saturated carbocycles. The number of esters is 1. The van der Waals surface area contributed by atoms with Crippen LogP contribution < -0.4 is 4.72 Å². The molecule has 0 heterocycles. The Balaban J connectivity index is 2.64. The fraction of sp³-hybridized carbons (Fsp3) is 0.273. The fourth-order valence-electron chi connectivity index (χ4n) is 1.12. The summed E-state index contributed by atoms with van der Waals surface area (Å²) in [4.78, 5) is 11.0. The third-order valence-corrected chi connectivity index (χ3v) is 3.44. The van der Waals surface area contributed by atoms with E-state index in [2.05, 4.69) is 4.74 Å². The lowest BCUT2D eigenvalue weighted by atomic mass is 10.4. The van der Waals surface area contributed by atoms with E-state index in [1.807, 2.05) is 4.72 Å². The molecule has 0 saturated heterocycles. The highest BCUT2D eigenvalue weighted by Gasteiger charge is 2.17. The van der Waals surface area contributed by atoms with Gasteiger partial charge in [0.1, 0.15) is 18.4 Å². The lowest BCUT2D eigenvalue weighted by Crippen LogP contribution is -2.32. The Hall–Kier alpha value is -1.98. The number of nitrogens with one attached hydrogen (secondary N) is 1. The number of ether oxygens (including phenoxy) is 1. The van der Waals surface area contributed by atoms with E-state index in [4.69, 9.17) is 5.26 Å². The monoisotopic (exact) mass is 286 g/mol. The van der Waals surface area contributed by atoms with Gasteiger partial charge >= 0.3 is 5.97 Å². The zero-order valence-corrected chi connectivity index (χ0v) is 10.8. The second-order valence-electron chi connectivity index (χ2n) is 3.54. The molecule has 19 heavy (non-hydrogen) atoms. The smallest absolute Gasteiger partial charge is 0.322 e. The largest absolute Gasteiger partial charge is 0.446 e. The Morgan fingerprint density at radius 2 is 2.05 bits per heavy atom. The molecule has 1 aromatic rings. The zero-order chi connectivity index (χ0) is 14.5. The van der Waals surface area contributed by atoms with Gasteiger partial charge in [-0.25, -0.2) is 12.8 Å². The number of nitrogens with zero attached hydrogens (tertiary/aromatic N) is 1. The molecule has 0 fully saturated rings. The van der Waals surface area contributed by atoms with E-state index in [0.717, 1.165) is 24.3 Å². The average molecular weight is 286 g/mol. The number of hydrogen-bond donors (Lipinski definition) is 1. The van der Waals surface area contributed by atoms with E-state index in [0.29, 0.717) is 0 Å². The first-order chi connectivity index (χ1) is 8.85. The van der Waals surface area contributed by atoms with Gasteiger partial charge in [-0.15, -0.1) is 0 Å². The predicted molar refractivity (Wildman–Crippen MR) is 62.8 cm³/mol. The second kappa shape index (κ2) is 6.26. The van der Waals surface area contributed by atoms with Crippen LogP contribution >= 0.6 is 0 Å². The van der Waals surface area contributed by atoms with Gasteiger partial charge in [-0.05, 0) is 31.2 Å². The molecule has 1 rings (SSSR count). The summed E-state index contributed by atoms with van der Waals surface area (Å²) in [5, 5.41) is 8.41. The minimum absolute atomic E-state index is 0.171. The first-order valence-corrected chi connectivity index (χ1v) is 6.68. The molecule has 0 bridgehead atoms. The zero-order valence-electron chi connectivity index (χ0n) is 9.96. The summed E-state index contributed by atoms with van der Waals surface area (Å²) in [5.41, 5.74) is 0. The molecule has 0 amide bonds. The normalized spacial score (nSPS) is 12.5. The van der Waals surface area contributed by atoms with Gasteiger partial charge in [0.25, 0.3) is 0 Å². The van der Waals surface area contributed by atoms with Crippen LogP contribution in [-0.4, -0.2) is 27.0 Å². The second-order valence-corrected chi connectivity index (χ2v) is 5.31. The van der Waals surface area contributed by atoms with Crippen molar-refractivity contribution in [1.82, 2.24) is 4.72 Å². The molecule has 0 unspecified atom stereocenters.